The van der Waals surface area contributed by atoms with Gasteiger partial charge >= 0.3 is 0 Å². The van der Waals surface area contributed by atoms with E-state index in [9.17, 15) is 0 Å². The van der Waals surface area contributed by atoms with Crippen molar-refractivity contribution in [3.63, 3.8) is 0 Å². The second-order valence-electron chi connectivity index (χ2n) is 3.26. The van der Waals surface area contributed by atoms with Crippen LogP contribution >= 0.6 is 0 Å². The van der Waals surface area contributed by atoms with Gasteiger partial charge in [0.15, 0.2) is 0 Å². The molecule has 0 amide bonds. The lowest BCUT2D eigenvalue weighted by molar-refractivity contribution is 0.731. The molecule has 0 fully saturated rings. The smallest absolute Gasteiger partial charge is 0.116 e. The number of nitrogens with zero attached hydrogens (tertiary/aromatic N) is 4. The van der Waals surface area contributed by atoms with Gasteiger partial charge < -0.3 is 0 Å². The molecule has 72 valence electrons. The average molecular weight is 188 g/mol. The van der Waals surface area contributed by atoms with E-state index in [1.807, 2.05) is 31.6 Å². The average Bonchev–Trinajstić information content (AvgIpc) is 2.43. The van der Waals surface area contributed by atoms with Gasteiger partial charge in [0.2, 0.25) is 0 Å². The van der Waals surface area contributed by atoms with Crippen LogP contribution in [0.3, 0.4) is 0 Å². The molecule has 4 nitrogen and oxygen atoms in total. The number of hydrogen-bond donors (Lipinski definition) is 0. The lowest BCUT2D eigenvalue weighted by Gasteiger charge is -1.99. The van der Waals surface area contributed by atoms with Crippen LogP contribution in [0.1, 0.15) is 11.4 Å². The summed E-state index contributed by atoms with van der Waals surface area (Å²) in [7, 11) is 1.94. The summed E-state index contributed by atoms with van der Waals surface area (Å²) in [5.74, 6) is 0. The van der Waals surface area contributed by atoms with Crippen molar-refractivity contribution in [3.8, 4) is 11.3 Å². The van der Waals surface area contributed by atoms with Crippen LogP contribution in [0, 0.1) is 13.8 Å². The molecule has 0 aliphatic heterocycles. The van der Waals surface area contributed by atoms with Gasteiger partial charge in [-0.3, -0.25) is 4.68 Å². The van der Waals surface area contributed by atoms with Gasteiger partial charge in [-0.1, -0.05) is 0 Å². The zero-order valence-corrected chi connectivity index (χ0v) is 8.52. The Morgan fingerprint density at radius 2 is 2.07 bits per heavy atom. The minimum atomic E-state index is 0.933. The zero-order valence-electron chi connectivity index (χ0n) is 8.52. The molecule has 2 aromatic heterocycles. The fourth-order valence-corrected chi connectivity index (χ4v) is 1.58. The Balaban J connectivity index is 2.62. The van der Waals surface area contributed by atoms with Gasteiger partial charge in [0.05, 0.1) is 11.4 Å². The van der Waals surface area contributed by atoms with Crippen molar-refractivity contribution >= 4 is 0 Å². The standard InChI is InChI=1S/C10H12N4/c1-7-10(8(2)14(3)13-7)9-4-5-11-6-12-9/h4-6H,1-3H3. The molecular weight excluding hydrogens is 176 g/mol. The first-order valence-electron chi connectivity index (χ1n) is 4.46. The van der Waals surface area contributed by atoms with E-state index in [4.69, 9.17) is 0 Å². The number of rotatable bonds is 1. The monoisotopic (exact) mass is 188 g/mol. The topological polar surface area (TPSA) is 43.6 Å². The molecule has 2 rings (SSSR count). The molecule has 0 aromatic carbocycles. The first-order chi connectivity index (χ1) is 6.70. The first kappa shape index (κ1) is 8.87. The molecule has 0 unspecified atom stereocenters. The molecule has 0 spiro atoms. The third-order valence-corrected chi connectivity index (χ3v) is 2.35. The Morgan fingerprint density at radius 1 is 1.29 bits per heavy atom. The molecule has 0 bridgehead atoms. The zero-order chi connectivity index (χ0) is 10.1. The van der Waals surface area contributed by atoms with E-state index in [0.717, 1.165) is 22.6 Å². The lowest BCUT2D eigenvalue weighted by atomic mass is 10.1. The second-order valence-corrected chi connectivity index (χ2v) is 3.26. The van der Waals surface area contributed by atoms with Crippen LogP contribution in [0.25, 0.3) is 11.3 Å². The molecule has 4 heteroatoms. The fourth-order valence-electron chi connectivity index (χ4n) is 1.58. The molecule has 0 N–H and O–H groups in total. The van der Waals surface area contributed by atoms with E-state index in [2.05, 4.69) is 15.1 Å². The van der Waals surface area contributed by atoms with E-state index in [1.54, 1.807) is 12.5 Å². The molecule has 0 aliphatic carbocycles. The van der Waals surface area contributed by atoms with Crippen LogP contribution < -0.4 is 0 Å². The molecule has 0 aliphatic rings. The van der Waals surface area contributed by atoms with E-state index in [0.29, 0.717) is 0 Å². The summed E-state index contributed by atoms with van der Waals surface area (Å²) in [6.45, 7) is 4.03. The van der Waals surface area contributed by atoms with E-state index < -0.39 is 0 Å². The van der Waals surface area contributed by atoms with Crippen molar-refractivity contribution in [2.24, 2.45) is 7.05 Å². The van der Waals surface area contributed by atoms with Crippen molar-refractivity contribution < 1.29 is 0 Å². The SMILES string of the molecule is Cc1nn(C)c(C)c1-c1ccncn1. The van der Waals surface area contributed by atoms with Crippen molar-refractivity contribution in [1.82, 2.24) is 19.7 Å². The highest BCUT2D eigenvalue weighted by Crippen LogP contribution is 2.23. The van der Waals surface area contributed by atoms with Gasteiger partial charge in [-0.15, -0.1) is 0 Å². The summed E-state index contributed by atoms with van der Waals surface area (Å²) >= 11 is 0. The second kappa shape index (κ2) is 3.21. The summed E-state index contributed by atoms with van der Waals surface area (Å²) in [6.07, 6.45) is 3.30. The third-order valence-electron chi connectivity index (χ3n) is 2.35. The quantitative estimate of drug-likeness (QED) is 0.681. The summed E-state index contributed by atoms with van der Waals surface area (Å²) in [5.41, 5.74) is 4.17. The van der Waals surface area contributed by atoms with Crippen molar-refractivity contribution in [2.75, 3.05) is 0 Å². The maximum absolute atomic E-state index is 4.34. The highest BCUT2D eigenvalue weighted by Gasteiger charge is 2.11. The number of aromatic nitrogens is 4. The molecule has 0 saturated heterocycles. The summed E-state index contributed by atoms with van der Waals surface area (Å²) in [4.78, 5) is 8.12. The Labute approximate surface area is 82.6 Å². The van der Waals surface area contributed by atoms with Crippen LogP contribution in [0.5, 0.6) is 0 Å². The van der Waals surface area contributed by atoms with Crippen LogP contribution in [0.4, 0.5) is 0 Å². The van der Waals surface area contributed by atoms with Crippen molar-refractivity contribution in [3.05, 3.63) is 30.0 Å². The van der Waals surface area contributed by atoms with Gasteiger partial charge in [-0.2, -0.15) is 5.10 Å². The van der Waals surface area contributed by atoms with Gasteiger partial charge in [0.25, 0.3) is 0 Å². The molecule has 0 saturated carbocycles. The highest BCUT2D eigenvalue weighted by atomic mass is 15.3. The van der Waals surface area contributed by atoms with Crippen molar-refractivity contribution in [1.29, 1.82) is 0 Å². The Morgan fingerprint density at radius 3 is 2.57 bits per heavy atom. The molecule has 14 heavy (non-hydrogen) atoms. The highest BCUT2D eigenvalue weighted by molar-refractivity contribution is 5.64. The summed E-state index contributed by atoms with van der Waals surface area (Å²) in [5, 5.41) is 4.34. The minimum absolute atomic E-state index is 0.933. The normalized spacial score (nSPS) is 10.5. The van der Waals surface area contributed by atoms with Crippen molar-refractivity contribution in [2.45, 2.75) is 13.8 Å². The Kier molecular flexibility index (Phi) is 2.04. The maximum atomic E-state index is 4.34. The Bertz CT molecular complexity index is 445. The number of aryl methyl sites for hydroxylation is 2. The van der Waals surface area contributed by atoms with Gasteiger partial charge in [0, 0.05) is 24.5 Å². The van der Waals surface area contributed by atoms with Gasteiger partial charge in [-0.25, -0.2) is 9.97 Å². The van der Waals surface area contributed by atoms with Gasteiger partial charge in [0.1, 0.15) is 6.33 Å². The van der Waals surface area contributed by atoms with E-state index >= 15 is 0 Å². The van der Waals surface area contributed by atoms with Crippen LogP contribution in [-0.4, -0.2) is 19.7 Å². The molecule has 0 radical (unpaired) electrons. The molecular formula is C10H12N4. The van der Waals surface area contributed by atoms with Crippen LogP contribution in [0.15, 0.2) is 18.6 Å². The molecule has 0 atom stereocenters. The number of hydrogen-bond acceptors (Lipinski definition) is 3. The largest absolute Gasteiger partial charge is 0.272 e. The van der Waals surface area contributed by atoms with E-state index in [1.165, 1.54) is 0 Å². The predicted octanol–water partition coefficient (Wildman–Crippen LogP) is 1.49. The maximum Gasteiger partial charge on any atom is 0.116 e. The van der Waals surface area contributed by atoms with E-state index in [-0.39, 0.29) is 0 Å². The summed E-state index contributed by atoms with van der Waals surface area (Å²) < 4.78 is 1.87. The first-order valence-corrected chi connectivity index (χ1v) is 4.46. The third kappa shape index (κ3) is 1.28. The van der Waals surface area contributed by atoms with Crippen LogP contribution in [-0.2, 0) is 7.05 Å². The predicted molar refractivity (Wildman–Crippen MR) is 53.7 cm³/mol. The minimum Gasteiger partial charge on any atom is -0.272 e. The lowest BCUT2D eigenvalue weighted by Crippen LogP contribution is -1.93. The fraction of sp³-hybridized carbons (Fsp3) is 0.300. The van der Waals surface area contributed by atoms with Crippen LogP contribution in [0.2, 0.25) is 0 Å². The molecule has 2 heterocycles. The van der Waals surface area contributed by atoms with Gasteiger partial charge in [-0.05, 0) is 19.9 Å². The molecule has 2 aromatic rings. The summed E-state index contributed by atoms with van der Waals surface area (Å²) in [6, 6.07) is 1.90. The Hall–Kier alpha value is -1.71.